The van der Waals surface area contributed by atoms with Crippen LogP contribution in [-0.4, -0.2) is 52.1 Å². The quantitative estimate of drug-likeness (QED) is 0.637. The van der Waals surface area contributed by atoms with E-state index in [9.17, 15) is 18.0 Å². The van der Waals surface area contributed by atoms with Gasteiger partial charge in [0.25, 0.3) is 0 Å². The first-order chi connectivity index (χ1) is 7.33. The molecule has 94 valence electrons. The highest BCUT2D eigenvalue weighted by Crippen LogP contribution is 1.95. The molecule has 8 nitrogen and oxygen atoms in total. The number of rotatable bonds is 5. The lowest BCUT2D eigenvalue weighted by atomic mass is 10.6. The normalized spacial score (nSPS) is 11.0. The summed E-state index contributed by atoms with van der Waals surface area (Å²) in [4.78, 5) is 21.7. The van der Waals surface area contributed by atoms with Gasteiger partial charge in [-0.3, -0.25) is 4.79 Å². The van der Waals surface area contributed by atoms with E-state index in [0.717, 1.165) is 14.2 Å². The van der Waals surface area contributed by atoms with Gasteiger partial charge in [-0.2, -0.15) is 12.7 Å². The summed E-state index contributed by atoms with van der Waals surface area (Å²) in [5.41, 5.74) is 0. The van der Waals surface area contributed by atoms with Crippen molar-refractivity contribution in [1.29, 1.82) is 0 Å². The van der Waals surface area contributed by atoms with Crippen molar-refractivity contribution in [2.75, 3.05) is 27.3 Å². The number of carbonyl (C=O) groups is 2. The third-order valence-corrected chi connectivity index (χ3v) is 2.84. The molecule has 0 unspecified atom stereocenters. The van der Waals surface area contributed by atoms with Gasteiger partial charge >= 0.3 is 22.3 Å². The second-order valence-electron chi connectivity index (χ2n) is 2.66. The Morgan fingerprint density at radius 3 is 2.38 bits per heavy atom. The second kappa shape index (κ2) is 6.28. The molecule has 0 aliphatic rings. The van der Waals surface area contributed by atoms with E-state index in [1.165, 1.54) is 0 Å². The largest absolute Gasteiger partial charge is 0.465 e. The summed E-state index contributed by atoms with van der Waals surface area (Å²) in [7, 11) is -1.93. The molecule has 16 heavy (non-hydrogen) atoms. The molecule has 0 aromatic heterocycles. The molecular formula is C7H14N2O6S. The highest BCUT2D eigenvalue weighted by molar-refractivity contribution is 7.87. The lowest BCUT2D eigenvalue weighted by Crippen LogP contribution is -2.43. The van der Waals surface area contributed by atoms with E-state index in [0.29, 0.717) is 4.31 Å². The SMILES string of the molecule is CCOC(=O)CN(C)S(=O)(=O)NC(=O)OC. The zero-order valence-corrected chi connectivity index (χ0v) is 10.0. The van der Waals surface area contributed by atoms with Gasteiger partial charge < -0.3 is 9.47 Å². The molecule has 9 heteroatoms. The fraction of sp³-hybridized carbons (Fsp3) is 0.714. The number of esters is 1. The maximum atomic E-state index is 11.3. The Hall–Kier alpha value is -1.35. The van der Waals surface area contributed by atoms with Crippen LogP contribution in [0, 0.1) is 0 Å². The number of likely N-dealkylation sites (N-methyl/N-ethyl adjacent to an activating group) is 1. The monoisotopic (exact) mass is 254 g/mol. The maximum absolute atomic E-state index is 11.3. The summed E-state index contributed by atoms with van der Waals surface area (Å²) >= 11 is 0. The summed E-state index contributed by atoms with van der Waals surface area (Å²) in [6.07, 6.45) is -1.13. The van der Waals surface area contributed by atoms with Crippen molar-refractivity contribution in [3.05, 3.63) is 0 Å². The molecule has 0 saturated carbocycles. The number of amides is 1. The number of nitrogens with zero attached hydrogens (tertiary/aromatic N) is 1. The minimum Gasteiger partial charge on any atom is -0.465 e. The molecule has 0 aromatic rings. The van der Waals surface area contributed by atoms with Crippen LogP contribution in [0.5, 0.6) is 0 Å². The van der Waals surface area contributed by atoms with Crippen LogP contribution in [0.3, 0.4) is 0 Å². The molecule has 0 aliphatic carbocycles. The first-order valence-electron chi connectivity index (χ1n) is 4.31. The van der Waals surface area contributed by atoms with Gasteiger partial charge in [0, 0.05) is 7.05 Å². The molecule has 0 heterocycles. The zero-order chi connectivity index (χ0) is 12.8. The van der Waals surface area contributed by atoms with E-state index >= 15 is 0 Å². The van der Waals surface area contributed by atoms with Gasteiger partial charge in [-0.25, -0.2) is 9.52 Å². The smallest absolute Gasteiger partial charge is 0.421 e. The van der Waals surface area contributed by atoms with Crippen LogP contribution in [0.1, 0.15) is 6.92 Å². The molecule has 0 spiro atoms. The van der Waals surface area contributed by atoms with Crippen LogP contribution in [0.4, 0.5) is 4.79 Å². The molecular weight excluding hydrogens is 240 g/mol. The van der Waals surface area contributed by atoms with Crippen LogP contribution in [0.15, 0.2) is 0 Å². The standard InChI is InChI=1S/C7H14N2O6S/c1-4-15-6(10)5-9(2)16(12,13)8-7(11)14-3/h4-5H2,1-3H3,(H,8,11). The highest BCUT2D eigenvalue weighted by Gasteiger charge is 2.23. The van der Waals surface area contributed by atoms with Crippen molar-refractivity contribution < 1.29 is 27.5 Å². The highest BCUT2D eigenvalue weighted by atomic mass is 32.2. The molecule has 1 N–H and O–H groups in total. The number of nitrogens with one attached hydrogen (secondary N) is 1. The Kier molecular flexibility index (Phi) is 5.75. The van der Waals surface area contributed by atoms with E-state index in [4.69, 9.17) is 0 Å². The van der Waals surface area contributed by atoms with Gasteiger partial charge in [-0.05, 0) is 6.92 Å². The van der Waals surface area contributed by atoms with Gasteiger partial charge in [-0.15, -0.1) is 0 Å². The number of hydrogen-bond donors (Lipinski definition) is 1. The lowest BCUT2D eigenvalue weighted by Gasteiger charge is -2.15. The van der Waals surface area contributed by atoms with Crippen molar-refractivity contribution in [3.63, 3.8) is 0 Å². The van der Waals surface area contributed by atoms with Crippen LogP contribution >= 0.6 is 0 Å². The first kappa shape index (κ1) is 14.6. The van der Waals surface area contributed by atoms with Gasteiger partial charge in [0.15, 0.2) is 0 Å². The summed E-state index contributed by atoms with van der Waals surface area (Å²) in [6, 6.07) is 0. The van der Waals surface area contributed by atoms with Gasteiger partial charge in [-0.1, -0.05) is 0 Å². The second-order valence-corrected chi connectivity index (χ2v) is 4.44. The number of carbonyl (C=O) groups excluding carboxylic acids is 2. The van der Waals surface area contributed by atoms with Gasteiger partial charge in [0.05, 0.1) is 13.7 Å². The lowest BCUT2D eigenvalue weighted by molar-refractivity contribution is -0.143. The van der Waals surface area contributed by atoms with Crippen LogP contribution < -0.4 is 4.72 Å². The topological polar surface area (TPSA) is 102 Å². The fourth-order valence-corrected chi connectivity index (χ4v) is 1.42. The zero-order valence-electron chi connectivity index (χ0n) is 9.22. The average molecular weight is 254 g/mol. The van der Waals surface area contributed by atoms with Gasteiger partial charge in [0.2, 0.25) is 0 Å². The van der Waals surface area contributed by atoms with Crippen molar-refractivity contribution in [1.82, 2.24) is 9.03 Å². The summed E-state index contributed by atoms with van der Waals surface area (Å²) in [6.45, 7) is 1.26. The van der Waals surface area contributed by atoms with E-state index in [-0.39, 0.29) is 6.61 Å². The Bertz CT molecular complexity index is 352. The number of hydrogen-bond acceptors (Lipinski definition) is 6. The maximum Gasteiger partial charge on any atom is 0.421 e. The third kappa shape index (κ3) is 4.94. The molecule has 1 amide bonds. The Morgan fingerprint density at radius 2 is 1.94 bits per heavy atom. The minimum atomic E-state index is -4.08. The predicted molar refractivity (Wildman–Crippen MR) is 53.7 cm³/mol. The van der Waals surface area contributed by atoms with Crippen LogP contribution in [0.25, 0.3) is 0 Å². The molecule has 0 bridgehead atoms. The number of methoxy groups -OCH3 is 1. The Balaban J connectivity index is 4.41. The molecule has 0 aromatic carbocycles. The van der Waals surface area contributed by atoms with Crippen molar-refractivity contribution >= 4 is 22.3 Å². The van der Waals surface area contributed by atoms with Crippen LogP contribution in [-0.2, 0) is 24.5 Å². The third-order valence-electron chi connectivity index (χ3n) is 1.47. The average Bonchev–Trinajstić information content (AvgIpc) is 2.17. The molecule has 0 radical (unpaired) electrons. The summed E-state index contributed by atoms with van der Waals surface area (Å²) < 4.78 is 33.6. The van der Waals surface area contributed by atoms with Crippen molar-refractivity contribution in [3.8, 4) is 0 Å². The van der Waals surface area contributed by atoms with E-state index in [1.54, 1.807) is 11.6 Å². The Labute approximate surface area is 93.7 Å². The molecule has 0 saturated heterocycles. The molecule has 0 atom stereocenters. The fourth-order valence-electron chi connectivity index (χ4n) is 0.698. The predicted octanol–water partition coefficient (Wildman–Crippen LogP) is -0.918. The van der Waals surface area contributed by atoms with Crippen molar-refractivity contribution in [2.45, 2.75) is 6.92 Å². The van der Waals surface area contributed by atoms with Crippen molar-refractivity contribution in [2.24, 2.45) is 0 Å². The molecule has 0 fully saturated rings. The van der Waals surface area contributed by atoms with E-state index in [1.807, 2.05) is 0 Å². The molecule has 0 aliphatic heterocycles. The molecule has 0 rings (SSSR count). The Morgan fingerprint density at radius 1 is 1.38 bits per heavy atom. The minimum absolute atomic E-state index is 0.150. The summed E-state index contributed by atoms with van der Waals surface area (Å²) in [5.74, 6) is -0.708. The van der Waals surface area contributed by atoms with Crippen LogP contribution in [0.2, 0.25) is 0 Å². The van der Waals surface area contributed by atoms with E-state index in [2.05, 4.69) is 9.47 Å². The first-order valence-corrected chi connectivity index (χ1v) is 5.75. The van der Waals surface area contributed by atoms with E-state index < -0.39 is 28.8 Å². The van der Waals surface area contributed by atoms with Gasteiger partial charge in [0.1, 0.15) is 6.54 Å². The number of ether oxygens (including phenoxy) is 2. The summed E-state index contributed by atoms with van der Waals surface area (Å²) in [5, 5.41) is 0.